The zero-order valence-corrected chi connectivity index (χ0v) is 9.90. The van der Waals surface area contributed by atoms with E-state index in [-0.39, 0.29) is 17.7 Å². The summed E-state index contributed by atoms with van der Waals surface area (Å²) in [4.78, 5) is 22.3. The second-order valence-corrected chi connectivity index (χ2v) is 3.81. The lowest BCUT2D eigenvalue weighted by atomic mass is 10.2. The average molecular weight is 258 g/mol. The van der Waals surface area contributed by atoms with E-state index in [0.717, 1.165) is 0 Å². The lowest BCUT2D eigenvalue weighted by molar-refractivity contribution is -0.147. The van der Waals surface area contributed by atoms with Gasteiger partial charge in [0.15, 0.2) is 6.10 Å². The number of aliphatic carboxylic acids is 1. The molecule has 6 heteroatoms. The topological polar surface area (TPSA) is 89.6 Å². The standard InChI is InChI=1S/C11H12ClNO4/c1-2-9(10(14)15)17-11(16)7-4-3-6(12)5-8(7)13/h3-5,9H,2,13H2,1H3,(H,14,15). The first-order valence-corrected chi connectivity index (χ1v) is 5.32. The molecule has 1 aromatic rings. The predicted octanol–water partition coefficient (Wildman–Crippen LogP) is 1.94. The van der Waals surface area contributed by atoms with Gasteiger partial charge in [0.2, 0.25) is 0 Å². The number of carbonyl (C=O) groups excluding carboxylic acids is 1. The first-order valence-electron chi connectivity index (χ1n) is 4.94. The van der Waals surface area contributed by atoms with E-state index in [9.17, 15) is 9.59 Å². The Labute approximate surface area is 103 Å². The van der Waals surface area contributed by atoms with Crippen LogP contribution in [-0.2, 0) is 9.53 Å². The molecule has 92 valence electrons. The minimum absolute atomic E-state index is 0.106. The van der Waals surface area contributed by atoms with Crippen LogP contribution in [0.2, 0.25) is 5.02 Å². The molecular formula is C11H12ClNO4. The van der Waals surface area contributed by atoms with E-state index in [1.165, 1.54) is 18.2 Å². The van der Waals surface area contributed by atoms with Gasteiger partial charge in [0.1, 0.15) is 0 Å². The van der Waals surface area contributed by atoms with Crippen molar-refractivity contribution in [3.05, 3.63) is 28.8 Å². The summed E-state index contributed by atoms with van der Waals surface area (Å²) >= 11 is 5.68. The number of ether oxygens (including phenoxy) is 1. The van der Waals surface area contributed by atoms with Crippen molar-refractivity contribution in [1.29, 1.82) is 0 Å². The second-order valence-electron chi connectivity index (χ2n) is 3.37. The fourth-order valence-electron chi connectivity index (χ4n) is 1.22. The first-order chi connectivity index (χ1) is 7.95. The van der Waals surface area contributed by atoms with E-state index in [1.54, 1.807) is 6.92 Å². The highest BCUT2D eigenvalue weighted by Gasteiger charge is 2.22. The fourth-order valence-corrected chi connectivity index (χ4v) is 1.40. The third-order valence-electron chi connectivity index (χ3n) is 2.13. The molecule has 0 saturated heterocycles. The van der Waals surface area contributed by atoms with E-state index in [4.69, 9.17) is 27.2 Å². The molecule has 0 bridgehead atoms. The van der Waals surface area contributed by atoms with Crippen LogP contribution in [-0.4, -0.2) is 23.1 Å². The van der Waals surface area contributed by atoms with Crippen LogP contribution in [0.1, 0.15) is 23.7 Å². The Balaban J connectivity index is 2.86. The SMILES string of the molecule is CCC(OC(=O)c1ccc(Cl)cc1N)C(=O)O. The maximum absolute atomic E-state index is 11.6. The molecule has 0 radical (unpaired) electrons. The van der Waals surface area contributed by atoms with E-state index in [0.29, 0.717) is 5.02 Å². The monoisotopic (exact) mass is 257 g/mol. The number of carboxylic acid groups (broad SMARTS) is 1. The largest absolute Gasteiger partial charge is 0.479 e. The molecule has 0 aliphatic rings. The van der Waals surface area contributed by atoms with Crippen LogP contribution in [0.3, 0.4) is 0 Å². The summed E-state index contributed by atoms with van der Waals surface area (Å²) in [6.07, 6.45) is -0.980. The van der Waals surface area contributed by atoms with Gasteiger partial charge in [-0.05, 0) is 24.6 Å². The van der Waals surface area contributed by atoms with Crippen LogP contribution in [0, 0.1) is 0 Å². The molecule has 0 spiro atoms. The zero-order chi connectivity index (χ0) is 13.0. The van der Waals surface area contributed by atoms with Crippen molar-refractivity contribution in [2.75, 3.05) is 5.73 Å². The maximum atomic E-state index is 11.6. The van der Waals surface area contributed by atoms with Gasteiger partial charge in [-0.3, -0.25) is 0 Å². The second kappa shape index (κ2) is 5.54. The molecule has 0 aromatic heterocycles. The molecule has 0 aliphatic carbocycles. The van der Waals surface area contributed by atoms with E-state index < -0.39 is 18.0 Å². The first kappa shape index (κ1) is 13.3. The quantitative estimate of drug-likeness (QED) is 0.635. The van der Waals surface area contributed by atoms with Crippen molar-refractivity contribution in [2.24, 2.45) is 0 Å². The van der Waals surface area contributed by atoms with Crippen molar-refractivity contribution in [2.45, 2.75) is 19.4 Å². The van der Waals surface area contributed by atoms with E-state index in [1.807, 2.05) is 0 Å². The molecule has 1 aromatic carbocycles. The molecule has 5 nitrogen and oxygen atoms in total. The molecular weight excluding hydrogens is 246 g/mol. The number of nitrogens with two attached hydrogens (primary N) is 1. The highest BCUT2D eigenvalue weighted by Crippen LogP contribution is 2.19. The number of rotatable bonds is 4. The Hall–Kier alpha value is -1.75. The normalized spacial score (nSPS) is 11.9. The van der Waals surface area contributed by atoms with Crippen molar-refractivity contribution >= 4 is 29.2 Å². The van der Waals surface area contributed by atoms with Gasteiger partial charge in [0.05, 0.1) is 5.56 Å². The third-order valence-corrected chi connectivity index (χ3v) is 2.36. The number of hydrogen-bond acceptors (Lipinski definition) is 4. The maximum Gasteiger partial charge on any atom is 0.345 e. The number of benzene rings is 1. The number of anilines is 1. The number of carboxylic acids is 1. The summed E-state index contributed by atoms with van der Waals surface area (Å²) in [7, 11) is 0. The summed E-state index contributed by atoms with van der Waals surface area (Å²) in [5.74, 6) is -1.96. The molecule has 0 heterocycles. The van der Waals surface area contributed by atoms with Gasteiger partial charge in [-0.1, -0.05) is 18.5 Å². The smallest absolute Gasteiger partial charge is 0.345 e. The van der Waals surface area contributed by atoms with Gasteiger partial charge in [-0.25, -0.2) is 9.59 Å². The Bertz CT molecular complexity index is 447. The summed E-state index contributed by atoms with van der Waals surface area (Å²) in [5, 5.41) is 9.15. The number of carbonyl (C=O) groups is 2. The molecule has 1 rings (SSSR count). The van der Waals surface area contributed by atoms with Gasteiger partial charge in [0, 0.05) is 10.7 Å². The number of esters is 1. The average Bonchev–Trinajstić information content (AvgIpc) is 2.24. The summed E-state index contributed by atoms with van der Waals surface area (Å²) in [5.41, 5.74) is 5.84. The minimum Gasteiger partial charge on any atom is -0.479 e. The Morgan fingerprint density at radius 2 is 2.18 bits per heavy atom. The van der Waals surface area contributed by atoms with Gasteiger partial charge in [-0.2, -0.15) is 0 Å². The molecule has 0 saturated carbocycles. The summed E-state index contributed by atoms with van der Waals surface area (Å²) in [6, 6.07) is 4.28. The lowest BCUT2D eigenvalue weighted by Crippen LogP contribution is -2.26. The molecule has 0 fully saturated rings. The Kier molecular flexibility index (Phi) is 4.34. The van der Waals surface area contributed by atoms with E-state index >= 15 is 0 Å². The van der Waals surface area contributed by atoms with Crippen LogP contribution in [0.15, 0.2) is 18.2 Å². The fraction of sp³-hybridized carbons (Fsp3) is 0.273. The number of nitrogen functional groups attached to an aromatic ring is 1. The van der Waals surface area contributed by atoms with Gasteiger partial charge in [0.25, 0.3) is 0 Å². The van der Waals surface area contributed by atoms with Crippen molar-refractivity contribution in [3.8, 4) is 0 Å². The van der Waals surface area contributed by atoms with Crippen LogP contribution in [0.5, 0.6) is 0 Å². The van der Waals surface area contributed by atoms with Crippen LogP contribution >= 0.6 is 11.6 Å². The molecule has 17 heavy (non-hydrogen) atoms. The van der Waals surface area contributed by atoms with Gasteiger partial charge in [-0.15, -0.1) is 0 Å². The number of hydrogen-bond donors (Lipinski definition) is 2. The van der Waals surface area contributed by atoms with Crippen LogP contribution in [0.25, 0.3) is 0 Å². The van der Waals surface area contributed by atoms with Gasteiger partial charge < -0.3 is 15.6 Å². The van der Waals surface area contributed by atoms with Crippen molar-refractivity contribution in [3.63, 3.8) is 0 Å². The minimum atomic E-state index is -1.19. The van der Waals surface area contributed by atoms with Crippen molar-refractivity contribution in [1.82, 2.24) is 0 Å². The predicted molar refractivity (Wildman–Crippen MR) is 63.0 cm³/mol. The lowest BCUT2D eigenvalue weighted by Gasteiger charge is -2.12. The Morgan fingerprint density at radius 3 is 2.65 bits per heavy atom. The van der Waals surface area contributed by atoms with E-state index in [2.05, 4.69) is 0 Å². The summed E-state index contributed by atoms with van der Waals surface area (Å²) in [6.45, 7) is 1.61. The molecule has 0 amide bonds. The van der Waals surface area contributed by atoms with Gasteiger partial charge >= 0.3 is 11.9 Å². The van der Waals surface area contributed by atoms with Crippen LogP contribution in [0.4, 0.5) is 5.69 Å². The third kappa shape index (κ3) is 3.35. The van der Waals surface area contributed by atoms with Crippen LogP contribution < -0.4 is 5.73 Å². The summed E-state index contributed by atoms with van der Waals surface area (Å²) < 4.78 is 4.81. The molecule has 3 N–H and O–H groups in total. The van der Waals surface area contributed by atoms with Crippen molar-refractivity contribution < 1.29 is 19.4 Å². The molecule has 1 unspecified atom stereocenters. The highest BCUT2D eigenvalue weighted by molar-refractivity contribution is 6.31. The molecule has 0 aliphatic heterocycles. The zero-order valence-electron chi connectivity index (χ0n) is 9.14. The Morgan fingerprint density at radius 1 is 1.53 bits per heavy atom. The number of halogens is 1. The molecule has 1 atom stereocenters. The highest BCUT2D eigenvalue weighted by atomic mass is 35.5.